The maximum absolute atomic E-state index is 12.3. The van der Waals surface area contributed by atoms with Crippen LogP contribution in [0.25, 0.3) is 0 Å². The zero-order valence-electron chi connectivity index (χ0n) is 7.63. The number of hydrogen-bond acceptors (Lipinski definition) is 3. The number of aromatic nitrogens is 2. The molecule has 0 aliphatic rings. The number of hydrogen-bond donors (Lipinski definition) is 1. The molecular formula is C8H9F3N2S. The van der Waals surface area contributed by atoms with E-state index in [0.29, 0.717) is 6.20 Å². The highest BCUT2D eigenvalue weighted by Gasteiger charge is 2.32. The molecule has 78 valence electrons. The molecule has 6 heteroatoms. The number of nitrogens with zero attached hydrogens (tertiary/aromatic N) is 2. The summed E-state index contributed by atoms with van der Waals surface area (Å²) in [6.45, 7) is 3.31. The minimum Gasteiger partial charge on any atom is -0.167 e. The summed E-state index contributed by atoms with van der Waals surface area (Å²) in [5.74, 6) is 0. The molecule has 0 spiro atoms. The van der Waals surface area contributed by atoms with Gasteiger partial charge in [-0.2, -0.15) is 36.0 Å². The predicted octanol–water partition coefficient (Wildman–Crippen LogP) is 2.66. The van der Waals surface area contributed by atoms with E-state index in [2.05, 4.69) is 22.8 Å². The van der Waals surface area contributed by atoms with E-state index in [1.165, 1.54) is 0 Å². The van der Waals surface area contributed by atoms with Gasteiger partial charge in [0.05, 0.1) is 22.2 Å². The smallest absolute Gasteiger partial charge is 0.167 e. The third-order valence-corrected chi connectivity index (χ3v) is 1.84. The van der Waals surface area contributed by atoms with Crippen molar-refractivity contribution in [3.05, 3.63) is 23.5 Å². The monoisotopic (exact) mass is 222 g/mol. The van der Waals surface area contributed by atoms with E-state index < -0.39 is 16.5 Å². The van der Waals surface area contributed by atoms with Crippen molar-refractivity contribution in [3.63, 3.8) is 0 Å². The maximum Gasteiger partial charge on any atom is 0.418 e. The Labute approximate surface area is 85.0 Å². The number of rotatable bonds is 1. The van der Waals surface area contributed by atoms with Gasteiger partial charge in [0.15, 0.2) is 0 Å². The van der Waals surface area contributed by atoms with E-state index in [-0.39, 0.29) is 5.69 Å². The lowest BCUT2D eigenvalue weighted by molar-refractivity contribution is -0.138. The molecule has 0 aromatic carbocycles. The summed E-state index contributed by atoms with van der Waals surface area (Å²) < 4.78 is 36.1. The SMILES string of the molecule is CC(C)(S)c1cc(C(F)(F)F)cnn1. The first kappa shape index (κ1) is 11.3. The van der Waals surface area contributed by atoms with Crippen LogP contribution in [0.5, 0.6) is 0 Å². The third-order valence-electron chi connectivity index (χ3n) is 1.61. The van der Waals surface area contributed by atoms with Crippen molar-refractivity contribution in [1.82, 2.24) is 10.2 Å². The van der Waals surface area contributed by atoms with Gasteiger partial charge >= 0.3 is 6.18 Å². The van der Waals surface area contributed by atoms with E-state index in [4.69, 9.17) is 0 Å². The van der Waals surface area contributed by atoms with Crippen molar-refractivity contribution < 1.29 is 13.2 Å². The lowest BCUT2D eigenvalue weighted by Gasteiger charge is -2.16. The van der Waals surface area contributed by atoms with Gasteiger partial charge in [0, 0.05) is 0 Å². The van der Waals surface area contributed by atoms with Gasteiger partial charge in [0.2, 0.25) is 0 Å². The molecule has 0 bridgehead atoms. The average molecular weight is 222 g/mol. The highest BCUT2D eigenvalue weighted by atomic mass is 32.1. The molecule has 2 nitrogen and oxygen atoms in total. The summed E-state index contributed by atoms with van der Waals surface area (Å²) in [6, 6.07) is 0.958. The predicted molar refractivity (Wildman–Crippen MR) is 49.0 cm³/mol. The fourth-order valence-corrected chi connectivity index (χ4v) is 0.930. The fourth-order valence-electron chi connectivity index (χ4n) is 0.821. The molecule has 1 aromatic heterocycles. The lowest BCUT2D eigenvalue weighted by Crippen LogP contribution is -2.14. The van der Waals surface area contributed by atoms with Gasteiger partial charge in [-0.15, -0.1) is 0 Å². The van der Waals surface area contributed by atoms with Crippen molar-refractivity contribution in [1.29, 1.82) is 0 Å². The zero-order valence-corrected chi connectivity index (χ0v) is 8.52. The standard InChI is InChI=1S/C8H9F3N2S/c1-7(2,14)6-3-5(4-12-13-6)8(9,10)11/h3-4,14H,1-2H3. The zero-order chi connectivity index (χ0) is 11.0. The largest absolute Gasteiger partial charge is 0.418 e. The summed E-state index contributed by atoms with van der Waals surface area (Å²) in [5, 5.41) is 6.90. The fraction of sp³-hybridized carbons (Fsp3) is 0.500. The highest BCUT2D eigenvalue weighted by molar-refractivity contribution is 7.81. The van der Waals surface area contributed by atoms with Gasteiger partial charge < -0.3 is 0 Å². The van der Waals surface area contributed by atoms with Crippen LogP contribution in [-0.2, 0) is 10.9 Å². The Morgan fingerprint density at radius 2 is 1.86 bits per heavy atom. The topological polar surface area (TPSA) is 25.8 Å². The summed E-state index contributed by atoms with van der Waals surface area (Å²) in [5.41, 5.74) is -0.597. The minimum atomic E-state index is -4.39. The minimum absolute atomic E-state index is 0.204. The van der Waals surface area contributed by atoms with E-state index in [1.54, 1.807) is 13.8 Å². The molecule has 0 aliphatic carbocycles. The Morgan fingerprint density at radius 1 is 1.29 bits per heavy atom. The molecule has 14 heavy (non-hydrogen) atoms. The molecule has 0 saturated heterocycles. The Kier molecular flexibility index (Phi) is 2.76. The summed E-state index contributed by atoms with van der Waals surface area (Å²) >= 11 is 4.12. The Hall–Kier alpha value is -0.780. The van der Waals surface area contributed by atoms with Crippen molar-refractivity contribution in [2.75, 3.05) is 0 Å². The Balaban J connectivity index is 3.15. The summed E-state index contributed by atoms with van der Waals surface area (Å²) in [4.78, 5) is 0. The normalized spacial score (nSPS) is 13.0. The first-order chi connectivity index (χ1) is 6.21. The van der Waals surface area contributed by atoms with E-state index in [9.17, 15) is 13.2 Å². The third kappa shape index (κ3) is 2.60. The summed E-state index contributed by atoms with van der Waals surface area (Å²) in [7, 11) is 0. The molecule has 0 radical (unpaired) electrons. The molecule has 0 unspecified atom stereocenters. The number of thiol groups is 1. The number of alkyl halides is 3. The van der Waals surface area contributed by atoms with E-state index in [0.717, 1.165) is 6.07 Å². The molecule has 1 aromatic rings. The van der Waals surface area contributed by atoms with Crippen LogP contribution in [0.3, 0.4) is 0 Å². The Morgan fingerprint density at radius 3 is 2.29 bits per heavy atom. The van der Waals surface area contributed by atoms with E-state index in [1.807, 2.05) is 0 Å². The molecule has 1 rings (SSSR count). The quantitative estimate of drug-likeness (QED) is 0.739. The molecule has 0 atom stereocenters. The molecule has 1 heterocycles. The van der Waals surface area contributed by atoms with Crippen LogP contribution in [0.15, 0.2) is 12.3 Å². The average Bonchev–Trinajstić information content (AvgIpc) is 2.01. The van der Waals surface area contributed by atoms with Crippen molar-refractivity contribution in [3.8, 4) is 0 Å². The van der Waals surface area contributed by atoms with Gasteiger partial charge in [-0.05, 0) is 19.9 Å². The van der Waals surface area contributed by atoms with Gasteiger partial charge in [-0.25, -0.2) is 0 Å². The van der Waals surface area contributed by atoms with Gasteiger partial charge in [-0.1, -0.05) is 0 Å². The maximum atomic E-state index is 12.3. The second-order valence-electron chi connectivity index (χ2n) is 3.39. The second kappa shape index (κ2) is 3.42. The van der Waals surface area contributed by atoms with Gasteiger partial charge in [-0.3, -0.25) is 0 Å². The highest BCUT2D eigenvalue weighted by Crippen LogP contribution is 2.32. The molecule has 0 N–H and O–H groups in total. The Bertz CT molecular complexity index is 301. The van der Waals surface area contributed by atoms with Gasteiger partial charge in [0.25, 0.3) is 0 Å². The number of halogens is 3. The van der Waals surface area contributed by atoms with Crippen LogP contribution in [0.4, 0.5) is 13.2 Å². The first-order valence-electron chi connectivity index (χ1n) is 3.84. The van der Waals surface area contributed by atoms with Crippen molar-refractivity contribution in [2.24, 2.45) is 0 Å². The molecule has 0 aliphatic heterocycles. The van der Waals surface area contributed by atoms with Crippen LogP contribution >= 0.6 is 12.6 Å². The molecular weight excluding hydrogens is 213 g/mol. The summed E-state index contributed by atoms with van der Waals surface area (Å²) in [6.07, 6.45) is -3.69. The molecule has 0 fully saturated rings. The van der Waals surface area contributed by atoms with Crippen molar-refractivity contribution in [2.45, 2.75) is 24.8 Å². The second-order valence-corrected chi connectivity index (χ2v) is 4.50. The van der Waals surface area contributed by atoms with Crippen LogP contribution in [-0.4, -0.2) is 10.2 Å². The molecule has 0 saturated carbocycles. The first-order valence-corrected chi connectivity index (χ1v) is 4.29. The van der Waals surface area contributed by atoms with Gasteiger partial charge in [0.1, 0.15) is 0 Å². The van der Waals surface area contributed by atoms with Crippen LogP contribution < -0.4 is 0 Å². The van der Waals surface area contributed by atoms with E-state index >= 15 is 0 Å². The van der Waals surface area contributed by atoms with Crippen molar-refractivity contribution >= 4 is 12.6 Å². The van der Waals surface area contributed by atoms with Crippen LogP contribution in [0, 0.1) is 0 Å². The molecule has 0 amide bonds. The van der Waals surface area contributed by atoms with Crippen LogP contribution in [0.2, 0.25) is 0 Å². The lowest BCUT2D eigenvalue weighted by atomic mass is 10.1. The van der Waals surface area contributed by atoms with Crippen LogP contribution in [0.1, 0.15) is 25.1 Å².